The molecule has 0 saturated carbocycles. The van der Waals surface area contributed by atoms with Gasteiger partial charge in [-0.3, -0.25) is 4.79 Å². The van der Waals surface area contributed by atoms with Gasteiger partial charge in [0.15, 0.2) is 0 Å². The summed E-state index contributed by atoms with van der Waals surface area (Å²) < 4.78 is 0. The lowest BCUT2D eigenvalue weighted by molar-refractivity contribution is -0.120. The molecule has 1 unspecified atom stereocenters. The summed E-state index contributed by atoms with van der Waals surface area (Å²) in [6, 6.07) is 14.6. The molecule has 0 aliphatic rings. The van der Waals surface area contributed by atoms with Crippen LogP contribution >= 0.6 is 11.6 Å². The van der Waals surface area contributed by atoms with Crippen molar-refractivity contribution in [3.05, 3.63) is 70.2 Å². The predicted octanol–water partition coefficient (Wildman–Crippen LogP) is 3.33. The first kappa shape index (κ1) is 18.8. The topological polar surface area (TPSA) is 70.2 Å². The first-order valence-electron chi connectivity index (χ1n) is 8.06. The molecule has 6 heteroatoms. The van der Waals surface area contributed by atoms with E-state index in [1.807, 2.05) is 50.2 Å². The van der Waals surface area contributed by atoms with Crippen LogP contribution in [-0.4, -0.2) is 18.5 Å². The molecule has 2 aromatic carbocycles. The van der Waals surface area contributed by atoms with Crippen molar-refractivity contribution in [1.29, 1.82) is 0 Å². The lowest BCUT2D eigenvalue weighted by Crippen LogP contribution is -2.42. The second-order valence-electron chi connectivity index (χ2n) is 5.87. The van der Waals surface area contributed by atoms with Crippen LogP contribution in [0, 0.1) is 6.92 Å². The minimum atomic E-state index is -0.383. The molecule has 0 bridgehead atoms. The highest BCUT2D eigenvalue weighted by Crippen LogP contribution is 2.17. The maximum atomic E-state index is 11.9. The van der Waals surface area contributed by atoms with Gasteiger partial charge in [0, 0.05) is 11.6 Å². The fraction of sp³-hybridized carbons (Fsp3) is 0.263. The summed E-state index contributed by atoms with van der Waals surface area (Å²) in [7, 11) is 0. The third-order valence-electron chi connectivity index (χ3n) is 3.71. The average molecular weight is 360 g/mol. The summed E-state index contributed by atoms with van der Waals surface area (Å²) in [4.78, 5) is 23.7. The van der Waals surface area contributed by atoms with Crippen molar-refractivity contribution in [3.8, 4) is 0 Å². The molecule has 132 valence electrons. The molecule has 0 spiro atoms. The van der Waals surface area contributed by atoms with Crippen LogP contribution in [0.3, 0.4) is 0 Å². The summed E-state index contributed by atoms with van der Waals surface area (Å²) in [6.45, 7) is 4.19. The van der Waals surface area contributed by atoms with E-state index in [0.717, 1.165) is 11.1 Å². The number of aryl methyl sites for hydroxylation is 1. The Morgan fingerprint density at radius 3 is 2.48 bits per heavy atom. The normalized spacial score (nSPS) is 11.5. The van der Waals surface area contributed by atoms with E-state index in [2.05, 4.69) is 16.0 Å². The zero-order valence-electron chi connectivity index (χ0n) is 14.3. The minimum Gasteiger partial charge on any atom is -0.348 e. The van der Waals surface area contributed by atoms with Crippen molar-refractivity contribution in [3.63, 3.8) is 0 Å². The van der Waals surface area contributed by atoms with Crippen molar-refractivity contribution < 1.29 is 9.59 Å². The second-order valence-corrected chi connectivity index (χ2v) is 6.30. The Kier molecular flexibility index (Phi) is 6.83. The molecule has 0 fully saturated rings. The fourth-order valence-electron chi connectivity index (χ4n) is 2.26. The zero-order chi connectivity index (χ0) is 18.2. The zero-order valence-corrected chi connectivity index (χ0v) is 15.1. The Balaban J connectivity index is 1.71. The molecule has 5 nitrogen and oxygen atoms in total. The highest BCUT2D eigenvalue weighted by Gasteiger charge is 2.11. The molecule has 0 aliphatic heterocycles. The monoisotopic (exact) mass is 359 g/mol. The molecule has 2 rings (SSSR count). The molecule has 2 aromatic rings. The number of urea groups is 1. The highest BCUT2D eigenvalue weighted by molar-refractivity contribution is 6.30. The Morgan fingerprint density at radius 2 is 1.80 bits per heavy atom. The number of hydrogen-bond donors (Lipinski definition) is 3. The van der Waals surface area contributed by atoms with Gasteiger partial charge in [0.1, 0.15) is 0 Å². The molecular formula is C19H22ClN3O2. The van der Waals surface area contributed by atoms with E-state index in [-0.39, 0.29) is 24.5 Å². The van der Waals surface area contributed by atoms with Gasteiger partial charge in [-0.25, -0.2) is 4.79 Å². The van der Waals surface area contributed by atoms with Crippen LogP contribution in [0.15, 0.2) is 48.5 Å². The molecule has 0 aliphatic carbocycles. The number of carbonyl (C=O) groups excluding carboxylic acids is 2. The van der Waals surface area contributed by atoms with Gasteiger partial charge >= 0.3 is 6.03 Å². The average Bonchev–Trinajstić information content (AvgIpc) is 2.59. The van der Waals surface area contributed by atoms with Crippen molar-refractivity contribution in [2.75, 3.05) is 6.54 Å². The van der Waals surface area contributed by atoms with Crippen molar-refractivity contribution in [2.24, 2.45) is 0 Å². The van der Waals surface area contributed by atoms with Crippen LogP contribution in [0.2, 0.25) is 5.02 Å². The van der Waals surface area contributed by atoms with Crippen molar-refractivity contribution >= 4 is 23.5 Å². The van der Waals surface area contributed by atoms with E-state index in [4.69, 9.17) is 11.6 Å². The number of nitrogens with one attached hydrogen (secondary N) is 3. The molecule has 0 aromatic heterocycles. The van der Waals surface area contributed by atoms with Crippen molar-refractivity contribution in [1.82, 2.24) is 16.0 Å². The molecule has 1 atom stereocenters. The van der Waals surface area contributed by atoms with Gasteiger partial charge in [-0.2, -0.15) is 0 Å². The van der Waals surface area contributed by atoms with E-state index >= 15 is 0 Å². The smallest absolute Gasteiger partial charge is 0.315 e. The van der Waals surface area contributed by atoms with Gasteiger partial charge in [-0.15, -0.1) is 0 Å². The molecule has 0 heterocycles. The molecule has 3 N–H and O–H groups in total. The molecule has 3 amide bonds. The summed E-state index contributed by atoms with van der Waals surface area (Å²) in [5, 5.41) is 8.70. The van der Waals surface area contributed by atoms with Crippen LogP contribution in [0.1, 0.15) is 29.7 Å². The van der Waals surface area contributed by atoms with Gasteiger partial charge in [-0.1, -0.05) is 53.6 Å². The van der Waals surface area contributed by atoms with Gasteiger partial charge < -0.3 is 16.0 Å². The van der Waals surface area contributed by atoms with E-state index < -0.39 is 0 Å². The van der Waals surface area contributed by atoms with Crippen molar-refractivity contribution in [2.45, 2.75) is 26.4 Å². The first-order chi connectivity index (χ1) is 11.9. The Bertz CT molecular complexity index is 732. The van der Waals surface area contributed by atoms with Gasteiger partial charge in [0.2, 0.25) is 5.91 Å². The molecule has 0 radical (unpaired) electrons. The summed E-state index contributed by atoms with van der Waals surface area (Å²) in [5.41, 5.74) is 3.07. The quantitative estimate of drug-likeness (QED) is 0.740. The third kappa shape index (κ3) is 6.47. The highest BCUT2D eigenvalue weighted by atomic mass is 35.5. The molecule has 0 saturated heterocycles. The summed E-state index contributed by atoms with van der Waals surface area (Å²) in [5.74, 6) is -0.266. The Hall–Kier alpha value is -2.53. The number of carbonyl (C=O) groups is 2. The lowest BCUT2D eigenvalue weighted by atomic mass is 10.1. The number of rotatable bonds is 6. The summed E-state index contributed by atoms with van der Waals surface area (Å²) >= 11 is 5.94. The van der Waals surface area contributed by atoms with Crippen LogP contribution in [0.5, 0.6) is 0 Å². The third-order valence-corrected chi connectivity index (χ3v) is 3.94. The lowest BCUT2D eigenvalue weighted by Gasteiger charge is -2.15. The molecule has 25 heavy (non-hydrogen) atoms. The van der Waals surface area contributed by atoms with Gasteiger partial charge in [0.25, 0.3) is 0 Å². The standard InChI is InChI=1S/C19H22ClN3O2/c1-13-6-8-15(9-7-13)11-21-19(25)22-12-18(24)23-14(2)16-4-3-5-17(20)10-16/h3-10,14H,11-12H2,1-2H3,(H,23,24)(H2,21,22,25). The Morgan fingerprint density at radius 1 is 1.08 bits per heavy atom. The minimum absolute atomic E-state index is 0.0926. The SMILES string of the molecule is Cc1ccc(CNC(=O)NCC(=O)NC(C)c2cccc(Cl)c2)cc1. The number of benzene rings is 2. The first-order valence-corrected chi connectivity index (χ1v) is 8.44. The van der Waals surface area contributed by atoms with Crippen LogP contribution in [0.4, 0.5) is 4.79 Å². The fourth-order valence-corrected chi connectivity index (χ4v) is 2.46. The van der Waals surface area contributed by atoms with Crippen LogP contribution in [-0.2, 0) is 11.3 Å². The van der Waals surface area contributed by atoms with Crippen LogP contribution < -0.4 is 16.0 Å². The predicted molar refractivity (Wildman–Crippen MR) is 99.4 cm³/mol. The number of hydrogen-bond acceptors (Lipinski definition) is 2. The van der Waals surface area contributed by atoms with E-state index in [9.17, 15) is 9.59 Å². The Labute approximate surface area is 152 Å². The number of amides is 3. The maximum Gasteiger partial charge on any atom is 0.315 e. The van der Waals surface area contributed by atoms with E-state index in [1.165, 1.54) is 5.56 Å². The second kappa shape index (κ2) is 9.08. The van der Waals surface area contributed by atoms with Gasteiger partial charge in [-0.05, 0) is 37.1 Å². The summed E-state index contributed by atoms with van der Waals surface area (Å²) in [6.07, 6.45) is 0. The van der Waals surface area contributed by atoms with Crippen LogP contribution in [0.25, 0.3) is 0 Å². The maximum absolute atomic E-state index is 11.9. The van der Waals surface area contributed by atoms with E-state index in [0.29, 0.717) is 11.6 Å². The number of halogens is 1. The van der Waals surface area contributed by atoms with Gasteiger partial charge in [0.05, 0.1) is 12.6 Å². The van der Waals surface area contributed by atoms with E-state index in [1.54, 1.807) is 12.1 Å². The molecular weight excluding hydrogens is 338 g/mol. The largest absolute Gasteiger partial charge is 0.348 e.